The number of fused-ring (bicyclic) bond motifs is 1. The molecule has 4 aromatic rings. The minimum atomic E-state index is -0.281. The molecular weight excluding hydrogens is 377 g/mol. The van der Waals surface area contributed by atoms with Crippen LogP contribution >= 0.6 is 0 Å². The molecule has 0 saturated heterocycles. The van der Waals surface area contributed by atoms with E-state index in [1.165, 1.54) is 12.1 Å². The lowest BCUT2D eigenvalue weighted by atomic mass is 9.95. The number of rotatable bonds is 6. The molecule has 3 N–H and O–H groups in total. The van der Waals surface area contributed by atoms with Crippen LogP contribution in [0.25, 0.3) is 10.9 Å². The van der Waals surface area contributed by atoms with Crippen LogP contribution in [0.4, 0.5) is 21.5 Å². The third kappa shape index (κ3) is 4.06. The highest BCUT2D eigenvalue weighted by Crippen LogP contribution is 2.34. The fourth-order valence-electron chi connectivity index (χ4n) is 3.64. The average Bonchev–Trinajstić information content (AvgIpc) is 2.75. The van der Waals surface area contributed by atoms with Crippen molar-refractivity contribution < 1.29 is 4.39 Å². The predicted octanol–water partition coefficient (Wildman–Crippen LogP) is 6.22. The first-order chi connectivity index (χ1) is 14.5. The number of para-hydroxylation sites is 2. The Morgan fingerprint density at radius 1 is 0.833 bits per heavy atom. The number of hydrogen-bond acceptors (Lipinski definition) is 3. The number of H-pyrrole nitrogens is 1. The maximum atomic E-state index is 13.4. The molecule has 4 rings (SSSR count). The summed E-state index contributed by atoms with van der Waals surface area (Å²) < 4.78 is 13.4. The van der Waals surface area contributed by atoms with Crippen LogP contribution in [0, 0.1) is 11.7 Å². The van der Waals surface area contributed by atoms with E-state index in [4.69, 9.17) is 0 Å². The first-order valence-corrected chi connectivity index (χ1v) is 10.0. The summed E-state index contributed by atoms with van der Waals surface area (Å²) >= 11 is 0. The highest BCUT2D eigenvalue weighted by Gasteiger charge is 2.21. The van der Waals surface area contributed by atoms with Gasteiger partial charge in [-0.1, -0.05) is 62.4 Å². The number of anilines is 3. The Morgan fingerprint density at radius 3 is 2.20 bits per heavy atom. The normalized spacial score (nSPS) is 12.1. The smallest absolute Gasteiger partial charge is 0.273 e. The molecule has 0 spiro atoms. The summed E-state index contributed by atoms with van der Waals surface area (Å²) in [4.78, 5) is 16.0. The van der Waals surface area contributed by atoms with Crippen LogP contribution in [-0.2, 0) is 0 Å². The summed E-state index contributed by atoms with van der Waals surface area (Å²) in [6, 6.07) is 23.7. The van der Waals surface area contributed by atoms with Crippen LogP contribution in [0.1, 0.15) is 25.5 Å². The minimum absolute atomic E-state index is 0.163. The topological polar surface area (TPSA) is 56.9 Å². The summed E-state index contributed by atoms with van der Waals surface area (Å²) in [5.74, 6) is -0.109. The lowest BCUT2D eigenvalue weighted by Gasteiger charge is -2.26. The Morgan fingerprint density at radius 2 is 1.50 bits per heavy atom. The molecule has 4 nitrogen and oxygen atoms in total. The molecule has 152 valence electrons. The number of nitrogens with one attached hydrogen (secondary N) is 3. The van der Waals surface area contributed by atoms with Gasteiger partial charge in [0.15, 0.2) is 0 Å². The Kier molecular flexibility index (Phi) is 5.53. The second-order valence-electron chi connectivity index (χ2n) is 7.66. The summed E-state index contributed by atoms with van der Waals surface area (Å²) in [6.07, 6.45) is 0. The van der Waals surface area contributed by atoms with Crippen molar-refractivity contribution in [2.75, 3.05) is 10.6 Å². The van der Waals surface area contributed by atoms with E-state index in [1.54, 1.807) is 12.1 Å². The fourth-order valence-corrected chi connectivity index (χ4v) is 3.64. The third-order valence-corrected chi connectivity index (χ3v) is 5.16. The van der Waals surface area contributed by atoms with Gasteiger partial charge in [-0.3, -0.25) is 4.79 Å². The minimum Gasteiger partial charge on any atom is -0.372 e. The highest BCUT2D eigenvalue weighted by molar-refractivity contribution is 5.99. The average molecular weight is 401 g/mol. The third-order valence-electron chi connectivity index (χ3n) is 5.16. The number of benzene rings is 3. The van der Waals surface area contributed by atoms with Gasteiger partial charge >= 0.3 is 0 Å². The molecule has 0 bridgehead atoms. The summed E-state index contributed by atoms with van der Waals surface area (Å²) in [5.41, 5.74) is 3.53. The van der Waals surface area contributed by atoms with Crippen molar-refractivity contribution >= 4 is 28.0 Å². The zero-order valence-electron chi connectivity index (χ0n) is 16.9. The number of aromatic amines is 1. The van der Waals surface area contributed by atoms with Gasteiger partial charge in [-0.25, -0.2) is 4.39 Å². The van der Waals surface area contributed by atoms with Gasteiger partial charge in [-0.15, -0.1) is 0 Å². The molecule has 0 fully saturated rings. The predicted molar refractivity (Wildman–Crippen MR) is 122 cm³/mol. The molecule has 0 aliphatic rings. The van der Waals surface area contributed by atoms with E-state index in [2.05, 4.69) is 29.5 Å². The molecule has 30 heavy (non-hydrogen) atoms. The first kappa shape index (κ1) is 19.7. The van der Waals surface area contributed by atoms with Crippen molar-refractivity contribution in [3.63, 3.8) is 0 Å². The lowest BCUT2D eigenvalue weighted by molar-refractivity contribution is 0.544. The van der Waals surface area contributed by atoms with Crippen molar-refractivity contribution in [2.24, 2.45) is 5.92 Å². The van der Waals surface area contributed by atoms with Crippen LogP contribution in [-0.4, -0.2) is 4.98 Å². The molecule has 3 aromatic carbocycles. The number of aromatic nitrogens is 1. The molecule has 0 aliphatic carbocycles. The molecule has 0 aliphatic heterocycles. The van der Waals surface area contributed by atoms with Crippen LogP contribution in [0.3, 0.4) is 0 Å². The van der Waals surface area contributed by atoms with Crippen molar-refractivity contribution in [3.05, 3.63) is 101 Å². The van der Waals surface area contributed by atoms with Crippen LogP contribution < -0.4 is 16.2 Å². The molecule has 0 radical (unpaired) electrons. The second-order valence-corrected chi connectivity index (χ2v) is 7.66. The van der Waals surface area contributed by atoms with E-state index < -0.39 is 0 Å². The van der Waals surface area contributed by atoms with Gasteiger partial charge in [0, 0.05) is 11.1 Å². The zero-order chi connectivity index (χ0) is 21.1. The van der Waals surface area contributed by atoms with Gasteiger partial charge in [0.25, 0.3) is 5.56 Å². The summed E-state index contributed by atoms with van der Waals surface area (Å²) in [7, 11) is 0. The molecule has 1 aromatic heterocycles. The molecule has 1 heterocycles. The number of pyridine rings is 1. The van der Waals surface area contributed by atoms with Crippen molar-refractivity contribution in [3.8, 4) is 0 Å². The maximum absolute atomic E-state index is 13.4. The van der Waals surface area contributed by atoms with E-state index in [0.717, 1.165) is 22.2 Å². The van der Waals surface area contributed by atoms with Crippen LogP contribution in [0.2, 0.25) is 0 Å². The Hall–Kier alpha value is -3.60. The van der Waals surface area contributed by atoms with E-state index >= 15 is 0 Å². The fraction of sp³-hybridized carbons (Fsp3) is 0.160. The van der Waals surface area contributed by atoms with Gasteiger partial charge in [-0.05, 0) is 41.8 Å². The van der Waals surface area contributed by atoms with E-state index in [-0.39, 0.29) is 23.3 Å². The van der Waals surface area contributed by atoms with Crippen LogP contribution in [0.5, 0.6) is 0 Å². The largest absolute Gasteiger partial charge is 0.372 e. The van der Waals surface area contributed by atoms with E-state index in [9.17, 15) is 9.18 Å². The molecule has 1 atom stereocenters. The summed E-state index contributed by atoms with van der Waals surface area (Å²) in [5, 5.41) is 7.76. The van der Waals surface area contributed by atoms with Gasteiger partial charge in [0.05, 0.1) is 17.2 Å². The lowest BCUT2D eigenvalue weighted by Crippen LogP contribution is -2.23. The zero-order valence-corrected chi connectivity index (χ0v) is 16.9. The maximum Gasteiger partial charge on any atom is 0.273 e. The van der Waals surface area contributed by atoms with Crippen molar-refractivity contribution in [1.82, 2.24) is 4.98 Å². The van der Waals surface area contributed by atoms with E-state index in [1.807, 2.05) is 54.6 Å². The molecular formula is C25H24FN3O. The van der Waals surface area contributed by atoms with E-state index in [0.29, 0.717) is 11.4 Å². The van der Waals surface area contributed by atoms with Gasteiger partial charge in [0.2, 0.25) is 0 Å². The molecule has 0 saturated carbocycles. The van der Waals surface area contributed by atoms with Gasteiger partial charge in [0.1, 0.15) is 11.5 Å². The summed E-state index contributed by atoms with van der Waals surface area (Å²) in [6.45, 7) is 4.14. The Labute approximate surface area is 174 Å². The van der Waals surface area contributed by atoms with Crippen molar-refractivity contribution in [2.45, 2.75) is 19.9 Å². The first-order valence-electron chi connectivity index (χ1n) is 10.0. The molecule has 5 heteroatoms. The molecule has 1 unspecified atom stereocenters. The quantitative estimate of drug-likeness (QED) is 0.359. The number of hydrogen-bond donors (Lipinski definition) is 3. The monoisotopic (exact) mass is 401 g/mol. The SMILES string of the molecule is CC(C)C(Nc1c(Nc2ccccc2)c2ccccc2[nH]c1=O)c1ccc(F)cc1. The number of halogens is 1. The van der Waals surface area contributed by atoms with Gasteiger partial charge in [-0.2, -0.15) is 0 Å². The standard InChI is InChI=1S/C25H24FN3O/c1-16(2)22(17-12-14-18(26)15-13-17)29-24-23(27-19-8-4-3-5-9-19)20-10-6-7-11-21(20)28-25(24)30/h3-16,22,29H,1-2H3,(H2,27,28,30). The van der Waals surface area contributed by atoms with Crippen LogP contribution in [0.15, 0.2) is 83.7 Å². The second kappa shape index (κ2) is 8.41. The van der Waals surface area contributed by atoms with Gasteiger partial charge < -0.3 is 15.6 Å². The Bertz CT molecular complexity index is 1200. The van der Waals surface area contributed by atoms with Crippen molar-refractivity contribution in [1.29, 1.82) is 0 Å². The highest BCUT2D eigenvalue weighted by atomic mass is 19.1. The molecule has 0 amide bonds. The Balaban J connectivity index is 1.84.